The van der Waals surface area contributed by atoms with E-state index in [0.717, 1.165) is 11.1 Å². The number of benzene rings is 3. The minimum atomic E-state index is -3.84. The molecule has 160 valence electrons. The highest BCUT2D eigenvalue weighted by Crippen LogP contribution is 2.32. The molecule has 0 aliphatic carbocycles. The summed E-state index contributed by atoms with van der Waals surface area (Å²) in [4.78, 5) is 12.6. The van der Waals surface area contributed by atoms with E-state index in [2.05, 4.69) is 10.0 Å². The number of carbonyl (C=O) groups excluding carboxylic acids is 1. The number of nitrogens with one attached hydrogen (secondary N) is 2. The van der Waals surface area contributed by atoms with Gasteiger partial charge in [-0.1, -0.05) is 29.8 Å². The summed E-state index contributed by atoms with van der Waals surface area (Å²) in [6, 6.07) is 16.2. The van der Waals surface area contributed by atoms with E-state index in [1.165, 1.54) is 18.2 Å². The molecule has 0 saturated heterocycles. The maximum Gasteiger partial charge on any atom is 0.255 e. The lowest BCUT2D eigenvalue weighted by Gasteiger charge is -2.11. The molecule has 4 rings (SSSR count). The minimum Gasteiger partial charge on any atom is -0.454 e. The smallest absolute Gasteiger partial charge is 0.255 e. The van der Waals surface area contributed by atoms with Crippen molar-refractivity contribution in [3.05, 3.63) is 82.4 Å². The minimum absolute atomic E-state index is 0.0105. The highest BCUT2D eigenvalue weighted by Gasteiger charge is 2.18. The lowest BCUT2D eigenvalue weighted by molar-refractivity contribution is 0.102. The fourth-order valence-corrected chi connectivity index (χ4v) is 4.28. The van der Waals surface area contributed by atoms with Crippen molar-refractivity contribution in [1.29, 1.82) is 0 Å². The Morgan fingerprint density at radius 1 is 1.03 bits per heavy atom. The van der Waals surface area contributed by atoms with Crippen LogP contribution in [0, 0.1) is 6.92 Å². The van der Waals surface area contributed by atoms with Gasteiger partial charge in [-0.2, -0.15) is 0 Å². The van der Waals surface area contributed by atoms with Crippen molar-refractivity contribution < 1.29 is 22.7 Å². The van der Waals surface area contributed by atoms with Crippen molar-refractivity contribution >= 4 is 33.2 Å². The second-order valence-corrected chi connectivity index (χ2v) is 9.16. The van der Waals surface area contributed by atoms with Gasteiger partial charge < -0.3 is 14.8 Å². The van der Waals surface area contributed by atoms with Crippen molar-refractivity contribution in [3.63, 3.8) is 0 Å². The first-order valence-corrected chi connectivity index (χ1v) is 11.2. The Morgan fingerprint density at radius 3 is 2.68 bits per heavy atom. The highest BCUT2D eigenvalue weighted by molar-refractivity contribution is 7.89. The summed E-state index contributed by atoms with van der Waals surface area (Å²) in [5.41, 5.74) is 2.34. The summed E-state index contributed by atoms with van der Waals surface area (Å²) in [6.07, 6.45) is 0. The second kappa shape index (κ2) is 8.58. The van der Waals surface area contributed by atoms with Gasteiger partial charge in [-0.3, -0.25) is 4.79 Å². The van der Waals surface area contributed by atoms with Gasteiger partial charge in [0, 0.05) is 22.8 Å². The van der Waals surface area contributed by atoms with E-state index < -0.39 is 15.9 Å². The van der Waals surface area contributed by atoms with Gasteiger partial charge in [-0.25, -0.2) is 13.1 Å². The molecule has 0 radical (unpaired) electrons. The number of rotatable bonds is 6. The molecule has 9 heteroatoms. The third-order valence-electron chi connectivity index (χ3n) is 4.76. The Bertz CT molecular complexity index is 1260. The average molecular weight is 459 g/mol. The Balaban J connectivity index is 1.48. The molecule has 0 fully saturated rings. The number of aryl methyl sites for hydroxylation is 1. The number of fused-ring (bicyclic) bond motifs is 1. The molecule has 7 nitrogen and oxygen atoms in total. The lowest BCUT2D eigenvalue weighted by atomic mass is 10.1. The number of ether oxygens (including phenoxy) is 2. The van der Waals surface area contributed by atoms with Gasteiger partial charge in [-0.05, 0) is 60.5 Å². The molecule has 31 heavy (non-hydrogen) atoms. The SMILES string of the molecule is Cc1ccc(Cl)cc1NC(=O)c1cccc(S(=O)(=O)NCc2ccc3c(c2)OCO3)c1. The van der Waals surface area contributed by atoms with Crippen LogP contribution in [-0.4, -0.2) is 21.1 Å². The summed E-state index contributed by atoms with van der Waals surface area (Å²) in [6.45, 7) is 2.05. The summed E-state index contributed by atoms with van der Waals surface area (Å²) in [5.74, 6) is 0.769. The summed E-state index contributed by atoms with van der Waals surface area (Å²) >= 11 is 5.99. The predicted molar refractivity (Wildman–Crippen MR) is 117 cm³/mol. The van der Waals surface area contributed by atoms with E-state index >= 15 is 0 Å². The zero-order valence-electron chi connectivity index (χ0n) is 16.5. The van der Waals surface area contributed by atoms with Gasteiger partial charge in [0.2, 0.25) is 16.8 Å². The molecule has 0 aromatic heterocycles. The van der Waals surface area contributed by atoms with Crippen molar-refractivity contribution in [2.75, 3.05) is 12.1 Å². The molecule has 1 aliphatic rings. The van der Waals surface area contributed by atoms with Crippen molar-refractivity contribution in [2.45, 2.75) is 18.4 Å². The van der Waals surface area contributed by atoms with Crippen molar-refractivity contribution in [3.8, 4) is 11.5 Å². The van der Waals surface area contributed by atoms with Crippen molar-refractivity contribution in [2.24, 2.45) is 0 Å². The average Bonchev–Trinajstić information content (AvgIpc) is 3.23. The molecular weight excluding hydrogens is 440 g/mol. The molecule has 0 bridgehead atoms. The number of anilines is 1. The topological polar surface area (TPSA) is 93.7 Å². The lowest BCUT2D eigenvalue weighted by Crippen LogP contribution is -2.23. The van der Waals surface area contributed by atoms with Crippen LogP contribution in [0.3, 0.4) is 0 Å². The van der Waals surface area contributed by atoms with Crippen LogP contribution < -0.4 is 19.5 Å². The molecule has 0 spiro atoms. The molecule has 2 N–H and O–H groups in total. The first-order chi connectivity index (χ1) is 14.8. The van der Waals surface area contributed by atoms with Gasteiger partial charge in [0.05, 0.1) is 4.90 Å². The van der Waals surface area contributed by atoms with Crippen LogP contribution in [0.5, 0.6) is 11.5 Å². The van der Waals surface area contributed by atoms with E-state index in [1.807, 2.05) is 6.92 Å². The molecule has 3 aromatic carbocycles. The number of hydrogen-bond acceptors (Lipinski definition) is 5. The standard InChI is InChI=1S/C22H19ClN2O5S/c1-14-5-7-17(23)11-19(14)25-22(26)16-3-2-4-18(10-16)31(27,28)24-12-15-6-8-20-21(9-15)30-13-29-20/h2-11,24H,12-13H2,1H3,(H,25,26). The number of amides is 1. The van der Waals surface area contributed by atoms with Gasteiger partial charge in [0.15, 0.2) is 11.5 Å². The Morgan fingerprint density at radius 2 is 1.84 bits per heavy atom. The quantitative estimate of drug-likeness (QED) is 0.579. The van der Waals surface area contributed by atoms with Crippen LogP contribution in [0.1, 0.15) is 21.5 Å². The molecule has 3 aromatic rings. The number of sulfonamides is 1. The third kappa shape index (κ3) is 4.82. The molecular formula is C22H19ClN2O5S. The summed E-state index contributed by atoms with van der Waals surface area (Å²) in [7, 11) is -3.84. The van der Waals surface area contributed by atoms with E-state index in [-0.39, 0.29) is 23.8 Å². The van der Waals surface area contributed by atoms with Crippen molar-refractivity contribution in [1.82, 2.24) is 4.72 Å². The largest absolute Gasteiger partial charge is 0.454 e. The monoisotopic (exact) mass is 458 g/mol. The number of halogens is 1. The van der Waals surface area contributed by atoms with Crippen LogP contribution in [0.4, 0.5) is 5.69 Å². The van der Waals surface area contributed by atoms with Crippen LogP contribution in [0.25, 0.3) is 0 Å². The van der Waals surface area contributed by atoms with Gasteiger partial charge in [0.1, 0.15) is 0 Å². The third-order valence-corrected chi connectivity index (χ3v) is 6.39. The molecule has 1 aliphatic heterocycles. The van der Waals surface area contributed by atoms with Gasteiger partial charge >= 0.3 is 0 Å². The summed E-state index contributed by atoms with van der Waals surface area (Å²) in [5, 5.41) is 3.25. The van der Waals surface area contributed by atoms with E-state index in [0.29, 0.717) is 22.2 Å². The second-order valence-electron chi connectivity index (χ2n) is 6.95. The Labute approximate surface area is 185 Å². The molecule has 0 atom stereocenters. The summed E-state index contributed by atoms with van der Waals surface area (Å²) < 4.78 is 38.6. The first-order valence-electron chi connectivity index (χ1n) is 9.37. The fourth-order valence-electron chi connectivity index (χ4n) is 3.04. The van der Waals surface area contributed by atoms with E-state index in [1.54, 1.807) is 42.5 Å². The van der Waals surface area contributed by atoms with E-state index in [9.17, 15) is 13.2 Å². The molecule has 1 amide bonds. The van der Waals surface area contributed by atoms with Gasteiger partial charge in [0.25, 0.3) is 5.91 Å². The van der Waals surface area contributed by atoms with Crippen LogP contribution in [0.15, 0.2) is 65.6 Å². The van der Waals surface area contributed by atoms with Crippen LogP contribution >= 0.6 is 11.6 Å². The van der Waals surface area contributed by atoms with Gasteiger partial charge in [-0.15, -0.1) is 0 Å². The number of hydrogen-bond donors (Lipinski definition) is 2. The molecule has 1 heterocycles. The van der Waals surface area contributed by atoms with Crippen LogP contribution in [0.2, 0.25) is 5.02 Å². The fraction of sp³-hybridized carbons (Fsp3) is 0.136. The Hall–Kier alpha value is -3.07. The molecule has 0 saturated carbocycles. The Kier molecular flexibility index (Phi) is 5.86. The number of carbonyl (C=O) groups is 1. The maximum atomic E-state index is 12.8. The van der Waals surface area contributed by atoms with E-state index in [4.69, 9.17) is 21.1 Å². The highest BCUT2D eigenvalue weighted by atomic mass is 35.5. The zero-order valence-corrected chi connectivity index (χ0v) is 18.1. The predicted octanol–water partition coefficient (Wildman–Crippen LogP) is 4.11. The zero-order chi connectivity index (χ0) is 22.0. The first kappa shape index (κ1) is 21.2. The normalized spacial score (nSPS) is 12.6. The molecule has 0 unspecified atom stereocenters. The van der Waals surface area contributed by atoms with Crippen LogP contribution in [-0.2, 0) is 16.6 Å². The maximum absolute atomic E-state index is 12.8.